The average molecular weight is 236 g/mol. The summed E-state index contributed by atoms with van der Waals surface area (Å²) in [5.74, 6) is 1.67. The first-order valence-corrected chi connectivity index (χ1v) is 6.29. The van der Waals surface area contributed by atoms with Gasteiger partial charge in [0.15, 0.2) is 11.6 Å². The molecule has 17 heavy (non-hydrogen) atoms. The molecule has 1 aromatic heterocycles. The topological polar surface area (TPSA) is 34.1 Å². The van der Waals surface area contributed by atoms with E-state index in [2.05, 4.69) is 44.9 Å². The van der Waals surface area contributed by atoms with E-state index in [0.717, 1.165) is 24.6 Å². The van der Waals surface area contributed by atoms with Crippen molar-refractivity contribution in [1.29, 1.82) is 0 Å². The number of aromatic nitrogens is 1. The molecule has 0 bridgehead atoms. The van der Waals surface area contributed by atoms with Crippen LogP contribution in [-0.4, -0.2) is 17.6 Å². The summed E-state index contributed by atoms with van der Waals surface area (Å²) in [5, 5.41) is 3.42. The molecule has 1 unspecified atom stereocenters. The van der Waals surface area contributed by atoms with Crippen molar-refractivity contribution in [2.45, 2.75) is 47.1 Å². The summed E-state index contributed by atoms with van der Waals surface area (Å²) in [5.41, 5.74) is 0.194. The Morgan fingerprint density at radius 3 is 2.71 bits per heavy atom. The Morgan fingerprint density at radius 2 is 2.12 bits per heavy atom. The van der Waals surface area contributed by atoms with E-state index in [0.29, 0.717) is 6.04 Å². The Kier molecular flexibility index (Phi) is 4.79. The highest BCUT2D eigenvalue weighted by atomic mass is 16.5. The second-order valence-electron chi connectivity index (χ2n) is 5.43. The molecule has 1 atom stereocenters. The normalized spacial score (nSPS) is 13.2. The van der Waals surface area contributed by atoms with Crippen LogP contribution in [0.4, 0.5) is 5.82 Å². The first-order valence-electron chi connectivity index (χ1n) is 6.29. The predicted octanol–water partition coefficient (Wildman–Crippen LogP) is 3.72. The van der Waals surface area contributed by atoms with E-state index in [4.69, 9.17) is 4.74 Å². The molecule has 1 heterocycles. The van der Waals surface area contributed by atoms with Gasteiger partial charge in [0.05, 0.1) is 6.61 Å². The van der Waals surface area contributed by atoms with Gasteiger partial charge in [0.1, 0.15) is 0 Å². The minimum atomic E-state index is 0.194. The number of pyridine rings is 1. The van der Waals surface area contributed by atoms with E-state index >= 15 is 0 Å². The number of rotatable bonds is 5. The maximum absolute atomic E-state index is 5.67. The minimum absolute atomic E-state index is 0.194. The Labute approximate surface area is 105 Å². The third kappa shape index (κ3) is 4.25. The molecular weight excluding hydrogens is 212 g/mol. The molecule has 0 aliphatic carbocycles. The van der Waals surface area contributed by atoms with Gasteiger partial charge in [0, 0.05) is 12.2 Å². The smallest absolute Gasteiger partial charge is 0.168 e. The lowest BCUT2D eigenvalue weighted by molar-refractivity contribution is 0.315. The summed E-state index contributed by atoms with van der Waals surface area (Å²) < 4.78 is 5.67. The SMILES string of the molecule is CCCOc1cccnc1NC(C)C(C)(C)C. The highest BCUT2D eigenvalue weighted by Gasteiger charge is 2.21. The number of nitrogens with one attached hydrogen (secondary N) is 1. The zero-order valence-electron chi connectivity index (χ0n) is 11.6. The van der Waals surface area contributed by atoms with Crippen LogP contribution in [0.2, 0.25) is 0 Å². The van der Waals surface area contributed by atoms with Gasteiger partial charge in [-0.1, -0.05) is 27.7 Å². The van der Waals surface area contributed by atoms with Crippen molar-refractivity contribution in [2.75, 3.05) is 11.9 Å². The van der Waals surface area contributed by atoms with Crippen LogP contribution < -0.4 is 10.1 Å². The summed E-state index contributed by atoms with van der Waals surface area (Å²) >= 11 is 0. The zero-order chi connectivity index (χ0) is 12.9. The average Bonchev–Trinajstić information content (AvgIpc) is 2.26. The second-order valence-corrected chi connectivity index (χ2v) is 5.43. The van der Waals surface area contributed by atoms with Crippen LogP contribution in [0, 0.1) is 5.41 Å². The quantitative estimate of drug-likeness (QED) is 0.846. The van der Waals surface area contributed by atoms with E-state index in [-0.39, 0.29) is 5.41 Å². The van der Waals surface area contributed by atoms with Gasteiger partial charge in [-0.3, -0.25) is 0 Å². The van der Waals surface area contributed by atoms with Crippen LogP contribution in [0.1, 0.15) is 41.0 Å². The molecule has 3 nitrogen and oxygen atoms in total. The Hall–Kier alpha value is -1.25. The second kappa shape index (κ2) is 5.89. The molecule has 0 saturated carbocycles. The van der Waals surface area contributed by atoms with E-state index in [9.17, 15) is 0 Å². The standard InChI is InChI=1S/C14H24N2O/c1-6-10-17-12-8-7-9-15-13(12)16-11(2)14(3,4)5/h7-9,11H,6,10H2,1-5H3,(H,15,16). The maximum Gasteiger partial charge on any atom is 0.168 e. The summed E-state index contributed by atoms with van der Waals surface area (Å²) in [7, 11) is 0. The molecule has 0 aromatic carbocycles. The van der Waals surface area contributed by atoms with Crippen LogP contribution in [0.5, 0.6) is 5.75 Å². The molecule has 1 aromatic rings. The molecule has 0 amide bonds. The van der Waals surface area contributed by atoms with Crippen LogP contribution in [0.3, 0.4) is 0 Å². The van der Waals surface area contributed by atoms with Crippen LogP contribution in [0.25, 0.3) is 0 Å². The van der Waals surface area contributed by atoms with E-state index in [1.165, 1.54) is 0 Å². The fraction of sp³-hybridized carbons (Fsp3) is 0.643. The fourth-order valence-corrected chi connectivity index (χ4v) is 1.25. The van der Waals surface area contributed by atoms with Crippen molar-refractivity contribution < 1.29 is 4.74 Å². The molecule has 0 radical (unpaired) electrons. The Bertz CT molecular complexity index is 344. The maximum atomic E-state index is 5.67. The van der Waals surface area contributed by atoms with Gasteiger partial charge in [-0.2, -0.15) is 0 Å². The zero-order valence-corrected chi connectivity index (χ0v) is 11.6. The molecule has 0 fully saturated rings. The Balaban J connectivity index is 2.76. The van der Waals surface area contributed by atoms with Crippen molar-refractivity contribution in [3.8, 4) is 5.75 Å². The molecule has 96 valence electrons. The molecule has 0 aliphatic heterocycles. The third-order valence-corrected chi connectivity index (χ3v) is 2.88. The monoisotopic (exact) mass is 236 g/mol. The molecule has 3 heteroatoms. The van der Waals surface area contributed by atoms with Gasteiger partial charge in [-0.25, -0.2) is 4.98 Å². The van der Waals surface area contributed by atoms with Gasteiger partial charge < -0.3 is 10.1 Å². The van der Waals surface area contributed by atoms with Crippen LogP contribution in [-0.2, 0) is 0 Å². The van der Waals surface area contributed by atoms with Gasteiger partial charge in [0.2, 0.25) is 0 Å². The van der Waals surface area contributed by atoms with Gasteiger partial charge in [-0.05, 0) is 30.9 Å². The molecule has 0 saturated heterocycles. The van der Waals surface area contributed by atoms with Gasteiger partial charge >= 0.3 is 0 Å². The van der Waals surface area contributed by atoms with Gasteiger partial charge in [0.25, 0.3) is 0 Å². The lowest BCUT2D eigenvalue weighted by Crippen LogP contribution is -2.31. The summed E-state index contributed by atoms with van der Waals surface area (Å²) in [6.07, 6.45) is 2.79. The first kappa shape index (κ1) is 13.8. The van der Waals surface area contributed by atoms with Crippen molar-refractivity contribution in [3.63, 3.8) is 0 Å². The third-order valence-electron chi connectivity index (χ3n) is 2.88. The van der Waals surface area contributed by atoms with Crippen molar-refractivity contribution in [1.82, 2.24) is 4.98 Å². The summed E-state index contributed by atoms with van der Waals surface area (Å²) in [4.78, 5) is 4.35. The summed E-state index contributed by atoms with van der Waals surface area (Å²) in [6.45, 7) is 11.6. The molecule has 1 N–H and O–H groups in total. The number of nitrogens with zero attached hydrogens (tertiary/aromatic N) is 1. The number of anilines is 1. The lowest BCUT2D eigenvalue weighted by Gasteiger charge is -2.29. The molecule has 0 spiro atoms. The Morgan fingerprint density at radius 1 is 1.41 bits per heavy atom. The minimum Gasteiger partial charge on any atom is -0.490 e. The lowest BCUT2D eigenvalue weighted by atomic mass is 9.88. The number of hydrogen-bond donors (Lipinski definition) is 1. The number of hydrogen-bond acceptors (Lipinski definition) is 3. The predicted molar refractivity (Wildman–Crippen MR) is 72.6 cm³/mol. The fourth-order valence-electron chi connectivity index (χ4n) is 1.25. The van der Waals surface area contributed by atoms with Crippen molar-refractivity contribution in [3.05, 3.63) is 18.3 Å². The van der Waals surface area contributed by atoms with E-state index < -0.39 is 0 Å². The summed E-state index contributed by atoms with van der Waals surface area (Å²) in [6, 6.07) is 4.19. The number of ether oxygens (including phenoxy) is 1. The van der Waals surface area contributed by atoms with Gasteiger partial charge in [-0.15, -0.1) is 0 Å². The largest absolute Gasteiger partial charge is 0.490 e. The highest BCUT2D eigenvalue weighted by molar-refractivity contribution is 5.50. The van der Waals surface area contributed by atoms with Crippen LogP contribution >= 0.6 is 0 Å². The molecule has 0 aliphatic rings. The van der Waals surface area contributed by atoms with E-state index in [1.54, 1.807) is 6.20 Å². The van der Waals surface area contributed by atoms with Crippen molar-refractivity contribution in [2.24, 2.45) is 5.41 Å². The van der Waals surface area contributed by atoms with Crippen LogP contribution in [0.15, 0.2) is 18.3 Å². The van der Waals surface area contributed by atoms with E-state index in [1.807, 2.05) is 12.1 Å². The van der Waals surface area contributed by atoms with Crippen molar-refractivity contribution >= 4 is 5.82 Å². The molecular formula is C14H24N2O. The highest BCUT2D eigenvalue weighted by Crippen LogP contribution is 2.27. The first-order chi connectivity index (χ1) is 7.95. The molecule has 1 rings (SSSR count).